The molecule has 0 aliphatic rings. The molecule has 13 heavy (non-hydrogen) atoms. The van der Waals surface area contributed by atoms with Crippen LogP contribution < -0.4 is 35.3 Å². The van der Waals surface area contributed by atoms with Gasteiger partial charge in [0.25, 0.3) is 0 Å². The van der Waals surface area contributed by atoms with Crippen LogP contribution in [-0.2, 0) is 10.1 Å². The second kappa shape index (κ2) is 4.43. The van der Waals surface area contributed by atoms with Gasteiger partial charge < -0.3 is 10.3 Å². The van der Waals surface area contributed by atoms with Crippen LogP contribution in [-0.4, -0.2) is 13.0 Å². The fourth-order valence-corrected chi connectivity index (χ4v) is 1.55. The molecule has 1 rings (SSSR count). The van der Waals surface area contributed by atoms with Gasteiger partial charge in [0.05, 0.1) is 4.90 Å². The molecule has 0 aliphatic heterocycles. The quantitative estimate of drug-likeness (QED) is 0.314. The molecule has 0 unspecified atom stereocenters. The number of benzene rings is 1. The van der Waals surface area contributed by atoms with Crippen LogP contribution in [0.2, 0.25) is 0 Å². The van der Waals surface area contributed by atoms with E-state index in [9.17, 15) is 13.0 Å². The zero-order valence-corrected chi connectivity index (χ0v) is 10.3. The van der Waals surface area contributed by atoms with E-state index in [2.05, 4.69) is 0 Å². The van der Waals surface area contributed by atoms with E-state index >= 15 is 0 Å². The summed E-state index contributed by atoms with van der Waals surface area (Å²) >= 11 is 0. The van der Waals surface area contributed by atoms with Gasteiger partial charge in [-0.2, -0.15) is 0 Å². The van der Waals surface area contributed by atoms with Gasteiger partial charge in [0, 0.05) is 5.69 Å². The minimum absolute atomic E-state index is 0. The Morgan fingerprint density at radius 1 is 1.38 bits per heavy atom. The van der Waals surface area contributed by atoms with Gasteiger partial charge in [0.1, 0.15) is 10.1 Å². The Morgan fingerprint density at radius 3 is 2.31 bits per heavy atom. The summed E-state index contributed by atoms with van der Waals surface area (Å²) in [4.78, 5) is -0.345. The van der Waals surface area contributed by atoms with Crippen molar-refractivity contribution in [1.82, 2.24) is 0 Å². The van der Waals surface area contributed by atoms with Crippen molar-refractivity contribution in [3.63, 3.8) is 0 Å². The molecule has 1 aromatic rings. The molecule has 0 saturated carbocycles. The van der Waals surface area contributed by atoms with E-state index in [4.69, 9.17) is 5.73 Å². The number of anilines is 1. The SMILES string of the molecule is Cc1ccc(N)c(S(=O)(=O)[O-])c1.[Na+]. The first-order valence-electron chi connectivity index (χ1n) is 3.23. The maximum Gasteiger partial charge on any atom is 1.00 e. The zero-order valence-electron chi connectivity index (χ0n) is 7.44. The van der Waals surface area contributed by atoms with Crippen molar-refractivity contribution in [3.8, 4) is 0 Å². The molecule has 0 saturated heterocycles. The van der Waals surface area contributed by atoms with Gasteiger partial charge in [-0.25, -0.2) is 8.42 Å². The number of nitrogen functional groups attached to an aromatic ring is 1. The van der Waals surface area contributed by atoms with E-state index in [1.54, 1.807) is 13.0 Å². The number of aryl methyl sites for hydroxylation is 1. The summed E-state index contributed by atoms with van der Waals surface area (Å²) in [6.07, 6.45) is 0. The van der Waals surface area contributed by atoms with E-state index in [-0.39, 0.29) is 40.1 Å². The maximum absolute atomic E-state index is 10.6. The van der Waals surface area contributed by atoms with Crippen LogP contribution in [0, 0.1) is 6.92 Å². The van der Waals surface area contributed by atoms with Crippen LogP contribution in [0.15, 0.2) is 23.1 Å². The molecule has 66 valence electrons. The summed E-state index contributed by atoms with van der Waals surface area (Å²) in [7, 11) is -4.43. The molecule has 0 radical (unpaired) electrons. The normalized spacial score (nSPS) is 10.6. The van der Waals surface area contributed by atoms with Crippen molar-refractivity contribution in [2.75, 3.05) is 5.73 Å². The number of rotatable bonds is 1. The minimum atomic E-state index is -4.43. The minimum Gasteiger partial charge on any atom is -0.744 e. The molecule has 0 heterocycles. The monoisotopic (exact) mass is 209 g/mol. The van der Waals surface area contributed by atoms with Crippen molar-refractivity contribution >= 4 is 15.8 Å². The molecule has 0 fully saturated rings. The van der Waals surface area contributed by atoms with E-state index < -0.39 is 10.1 Å². The average molecular weight is 209 g/mol. The summed E-state index contributed by atoms with van der Waals surface area (Å²) in [5.41, 5.74) is 5.99. The largest absolute Gasteiger partial charge is 1.00 e. The zero-order chi connectivity index (χ0) is 9.35. The molecule has 0 bridgehead atoms. The Bertz CT molecular complexity index is 402. The van der Waals surface area contributed by atoms with Crippen molar-refractivity contribution in [3.05, 3.63) is 23.8 Å². The average Bonchev–Trinajstić information content (AvgIpc) is 1.92. The summed E-state index contributed by atoms with van der Waals surface area (Å²) < 4.78 is 31.7. The second-order valence-corrected chi connectivity index (χ2v) is 3.84. The summed E-state index contributed by atoms with van der Waals surface area (Å²) in [5.74, 6) is 0. The summed E-state index contributed by atoms with van der Waals surface area (Å²) in [5, 5.41) is 0. The fourth-order valence-electron chi connectivity index (χ4n) is 0.858. The molecular weight excluding hydrogens is 201 g/mol. The molecule has 0 atom stereocenters. The van der Waals surface area contributed by atoms with Gasteiger partial charge >= 0.3 is 29.6 Å². The van der Waals surface area contributed by atoms with Gasteiger partial charge in [-0.1, -0.05) is 6.07 Å². The number of nitrogens with two attached hydrogens (primary N) is 1. The fraction of sp³-hybridized carbons (Fsp3) is 0.143. The Kier molecular flexibility index (Phi) is 4.41. The summed E-state index contributed by atoms with van der Waals surface area (Å²) in [6, 6.07) is 4.31. The van der Waals surface area contributed by atoms with Crippen LogP contribution in [0.1, 0.15) is 5.56 Å². The van der Waals surface area contributed by atoms with Crippen molar-refractivity contribution in [1.29, 1.82) is 0 Å². The number of hydrogen-bond donors (Lipinski definition) is 1. The third-order valence-electron chi connectivity index (χ3n) is 1.44. The third-order valence-corrected chi connectivity index (χ3v) is 2.33. The van der Waals surface area contributed by atoms with Gasteiger partial charge in [0.2, 0.25) is 0 Å². The Labute approximate surface area is 99.2 Å². The molecule has 0 aromatic heterocycles. The van der Waals surface area contributed by atoms with Crippen LogP contribution in [0.3, 0.4) is 0 Å². The Hall–Kier alpha value is -0.0700. The molecule has 0 amide bonds. The predicted molar refractivity (Wildman–Crippen MR) is 43.6 cm³/mol. The first kappa shape index (κ1) is 12.9. The van der Waals surface area contributed by atoms with Crippen LogP contribution >= 0.6 is 0 Å². The number of hydrogen-bond acceptors (Lipinski definition) is 4. The van der Waals surface area contributed by atoms with E-state index in [1.807, 2.05) is 0 Å². The predicted octanol–water partition coefficient (Wildman–Crippen LogP) is -2.51. The van der Waals surface area contributed by atoms with Gasteiger partial charge in [-0.05, 0) is 24.6 Å². The van der Waals surface area contributed by atoms with Gasteiger partial charge in [-0.3, -0.25) is 0 Å². The molecular formula is C7H8NNaO3S. The van der Waals surface area contributed by atoms with Crippen LogP contribution in [0.25, 0.3) is 0 Å². The van der Waals surface area contributed by atoms with Crippen molar-refractivity contribution in [2.24, 2.45) is 0 Å². The third kappa shape index (κ3) is 3.28. The second-order valence-electron chi connectivity index (χ2n) is 2.50. The standard InChI is InChI=1S/C7H9NO3S.Na/c1-5-2-3-6(8)7(4-5)12(9,10)11;/h2-4H,8H2,1H3,(H,9,10,11);/q;+1/p-1. The van der Waals surface area contributed by atoms with Crippen molar-refractivity contribution in [2.45, 2.75) is 11.8 Å². The first-order chi connectivity index (χ1) is 5.41. The maximum atomic E-state index is 10.6. The molecule has 1 aromatic carbocycles. The molecule has 0 spiro atoms. The Morgan fingerprint density at radius 2 is 1.92 bits per heavy atom. The molecule has 6 heteroatoms. The molecule has 4 nitrogen and oxygen atoms in total. The van der Waals surface area contributed by atoms with Gasteiger partial charge in [-0.15, -0.1) is 0 Å². The topological polar surface area (TPSA) is 83.2 Å². The van der Waals surface area contributed by atoms with E-state index in [0.717, 1.165) is 0 Å². The van der Waals surface area contributed by atoms with E-state index in [1.165, 1.54) is 12.1 Å². The first-order valence-corrected chi connectivity index (χ1v) is 4.64. The van der Waals surface area contributed by atoms with Crippen LogP contribution in [0.5, 0.6) is 0 Å². The Balaban J connectivity index is 0.00000144. The van der Waals surface area contributed by atoms with E-state index in [0.29, 0.717) is 5.56 Å². The smallest absolute Gasteiger partial charge is 0.744 e. The summed E-state index contributed by atoms with van der Waals surface area (Å²) in [6.45, 7) is 1.69. The van der Waals surface area contributed by atoms with Crippen LogP contribution in [0.4, 0.5) is 5.69 Å². The van der Waals surface area contributed by atoms with Crippen molar-refractivity contribution < 1.29 is 42.5 Å². The van der Waals surface area contributed by atoms with Gasteiger partial charge in [0.15, 0.2) is 0 Å². The molecule has 0 aliphatic carbocycles. The molecule has 2 N–H and O–H groups in total.